The molecular weight excluding hydrogens is 220 g/mol. The molecule has 1 fully saturated rings. The highest BCUT2D eigenvalue weighted by Crippen LogP contribution is 2.16. The lowest BCUT2D eigenvalue weighted by atomic mass is 9.84. The summed E-state index contributed by atoms with van der Waals surface area (Å²) < 4.78 is 0. The first kappa shape index (κ1) is 13.3. The molecule has 0 amide bonds. The number of benzene rings is 1. The van der Waals surface area contributed by atoms with Crippen molar-refractivity contribution in [3.63, 3.8) is 0 Å². The van der Waals surface area contributed by atoms with E-state index < -0.39 is 0 Å². The van der Waals surface area contributed by atoms with Crippen LogP contribution in [0.1, 0.15) is 25.8 Å². The van der Waals surface area contributed by atoms with Gasteiger partial charge in [0.15, 0.2) is 6.54 Å². The Morgan fingerprint density at radius 3 is 2.72 bits per heavy atom. The molecule has 2 nitrogen and oxygen atoms in total. The third kappa shape index (κ3) is 3.42. The Kier molecular flexibility index (Phi) is 4.54. The predicted molar refractivity (Wildman–Crippen MR) is 75.7 cm³/mol. The van der Waals surface area contributed by atoms with Gasteiger partial charge in [-0.3, -0.25) is 0 Å². The third-order valence-electron chi connectivity index (χ3n) is 4.32. The highest BCUT2D eigenvalue weighted by Gasteiger charge is 2.32. The molecule has 1 aliphatic rings. The largest absolute Gasteiger partial charge is 0.335 e. The van der Waals surface area contributed by atoms with Gasteiger partial charge in [0.1, 0.15) is 6.21 Å². The van der Waals surface area contributed by atoms with Crippen LogP contribution in [-0.2, 0) is 6.54 Å². The van der Waals surface area contributed by atoms with Crippen molar-refractivity contribution in [3.05, 3.63) is 35.9 Å². The third-order valence-corrected chi connectivity index (χ3v) is 4.32. The van der Waals surface area contributed by atoms with Crippen LogP contribution in [0.5, 0.6) is 0 Å². The molecule has 0 aromatic heterocycles. The van der Waals surface area contributed by atoms with Crippen LogP contribution in [0.2, 0.25) is 0 Å². The standard InChI is InChI=1S/C16H24N2/c1-13-12-18(3)14(2)9-16(13)11-17-10-15-7-5-4-6-8-15/h4-8,11,13-14,16H,9-10,12H2,1-3H3/p+2/t13-,14+,16-/m1/s1. The number of likely N-dealkylation sites (tertiary alicyclic amines) is 1. The first-order valence-corrected chi connectivity index (χ1v) is 7.09. The topological polar surface area (TPSA) is 18.4 Å². The Hall–Kier alpha value is -1.15. The van der Waals surface area contributed by atoms with E-state index >= 15 is 0 Å². The lowest BCUT2D eigenvalue weighted by molar-refractivity contribution is -0.913. The first-order valence-electron chi connectivity index (χ1n) is 7.09. The molecule has 0 bridgehead atoms. The number of piperidine rings is 1. The van der Waals surface area contributed by atoms with Crippen molar-refractivity contribution in [1.29, 1.82) is 0 Å². The van der Waals surface area contributed by atoms with Crippen LogP contribution in [0, 0.1) is 11.8 Å². The molecule has 1 aliphatic heterocycles. The number of rotatable bonds is 3. The molecular formula is C16H26N2+2. The van der Waals surface area contributed by atoms with E-state index in [1.165, 1.54) is 18.5 Å². The highest BCUT2D eigenvalue weighted by molar-refractivity contribution is 5.54. The van der Waals surface area contributed by atoms with Crippen LogP contribution in [0.3, 0.4) is 0 Å². The van der Waals surface area contributed by atoms with E-state index in [9.17, 15) is 0 Å². The number of nitrogens with one attached hydrogen (secondary N) is 2. The summed E-state index contributed by atoms with van der Waals surface area (Å²) in [6, 6.07) is 11.4. The van der Waals surface area contributed by atoms with E-state index in [-0.39, 0.29) is 0 Å². The monoisotopic (exact) mass is 246 g/mol. The average Bonchev–Trinajstić information content (AvgIpc) is 2.37. The van der Waals surface area contributed by atoms with Crippen molar-refractivity contribution in [2.24, 2.45) is 11.8 Å². The number of hydrogen-bond acceptors (Lipinski definition) is 0. The van der Waals surface area contributed by atoms with Gasteiger partial charge in [-0.15, -0.1) is 0 Å². The smallest absolute Gasteiger partial charge is 0.165 e. The maximum absolute atomic E-state index is 3.50. The van der Waals surface area contributed by atoms with Crippen LogP contribution < -0.4 is 9.89 Å². The second kappa shape index (κ2) is 6.14. The Morgan fingerprint density at radius 1 is 1.28 bits per heavy atom. The van der Waals surface area contributed by atoms with Crippen LogP contribution in [0.15, 0.2) is 30.3 Å². The molecule has 0 radical (unpaired) electrons. The van der Waals surface area contributed by atoms with Crippen LogP contribution >= 0.6 is 0 Å². The second-order valence-corrected chi connectivity index (χ2v) is 5.86. The minimum Gasteiger partial charge on any atom is -0.335 e. The molecule has 0 spiro atoms. The summed E-state index contributed by atoms with van der Waals surface area (Å²) in [4.78, 5) is 5.18. The molecule has 0 saturated carbocycles. The molecule has 0 aliphatic carbocycles. The van der Waals surface area contributed by atoms with Crippen LogP contribution in [0.4, 0.5) is 0 Å². The van der Waals surface area contributed by atoms with Crippen molar-refractivity contribution in [3.8, 4) is 0 Å². The van der Waals surface area contributed by atoms with Crippen molar-refractivity contribution >= 4 is 6.21 Å². The zero-order chi connectivity index (χ0) is 13.0. The van der Waals surface area contributed by atoms with E-state index in [1.807, 2.05) is 0 Å². The summed E-state index contributed by atoms with van der Waals surface area (Å²) in [5.74, 6) is 1.50. The average molecular weight is 246 g/mol. The number of quaternary nitrogens is 1. The van der Waals surface area contributed by atoms with Gasteiger partial charge in [0.25, 0.3) is 0 Å². The number of hydrogen-bond donors (Lipinski definition) is 2. The normalized spacial score (nSPS) is 32.8. The lowest BCUT2D eigenvalue weighted by Crippen LogP contribution is -3.14. The van der Waals surface area contributed by atoms with Gasteiger partial charge in [0.05, 0.1) is 19.6 Å². The molecule has 2 heteroatoms. The SMILES string of the molecule is C[C@@H]1C[NH+](C)[C@@H](C)C[C@@H]1C=[NH+]Cc1ccccc1. The first-order chi connectivity index (χ1) is 8.66. The summed E-state index contributed by atoms with van der Waals surface area (Å²) in [5, 5.41) is 0. The molecule has 1 aromatic rings. The quantitative estimate of drug-likeness (QED) is 0.694. The van der Waals surface area contributed by atoms with Crippen molar-refractivity contribution < 1.29 is 9.89 Å². The fourth-order valence-electron chi connectivity index (χ4n) is 2.86. The van der Waals surface area contributed by atoms with E-state index in [0.29, 0.717) is 5.92 Å². The lowest BCUT2D eigenvalue weighted by Gasteiger charge is -2.34. The summed E-state index contributed by atoms with van der Waals surface area (Å²) >= 11 is 0. The van der Waals surface area contributed by atoms with Gasteiger partial charge in [0, 0.05) is 23.8 Å². The fraction of sp³-hybridized carbons (Fsp3) is 0.562. The summed E-state index contributed by atoms with van der Waals surface area (Å²) in [6.45, 7) is 6.97. The fourth-order valence-corrected chi connectivity index (χ4v) is 2.86. The maximum atomic E-state index is 3.50. The predicted octanol–water partition coefficient (Wildman–Crippen LogP) is -0.103. The van der Waals surface area contributed by atoms with Gasteiger partial charge in [-0.2, -0.15) is 0 Å². The highest BCUT2D eigenvalue weighted by atomic mass is 15.1. The summed E-state index contributed by atoms with van der Waals surface area (Å²) in [6.07, 6.45) is 3.63. The molecule has 1 saturated heterocycles. The van der Waals surface area contributed by atoms with E-state index in [0.717, 1.165) is 18.5 Å². The maximum Gasteiger partial charge on any atom is 0.165 e. The Morgan fingerprint density at radius 2 is 2.00 bits per heavy atom. The zero-order valence-corrected chi connectivity index (χ0v) is 11.8. The minimum atomic E-state index is 0.715. The van der Waals surface area contributed by atoms with Gasteiger partial charge >= 0.3 is 0 Å². The Balaban J connectivity index is 1.89. The van der Waals surface area contributed by atoms with Gasteiger partial charge in [-0.25, -0.2) is 4.99 Å². The molecule has 1 heterocycles. The van der Waals surface area contributed by atoms with E-state index in [2.05, 4.69) is 62.4 Å². The molecule has 98 valence electrons. The summed E-state index contributed by atoms with van der Waals surface area (Å²) in [5.41, 5.74) is 1.35. The van der Waals surface area contributed by atoms with Gasteiger partial charge < -0.3 is 4.90 Å². The van der Waals surface area contributed by atoms with Crippen LogP contribution in [0.25, 0.3) is 0 Å². The van der Waals surface area contributed by atoms with Gasteiger partial charge in [-0.05, 0) is 6.92 Å². The van der Waals surface area contributed by atoms with Crippen LogP contribution in [-0.4, -0.2) is 25.8 Å². The van der Waals surface area contributed by atoms with E-state index in [4.69, 9.17) is 0 Å². The van der Waals surface area contributed by atoms with Gasteiger partial charge in [-0.1, -0.05) is 37.3 Å². The molecule has 1 aromatic carbocycles. The Labute approximate surface area is 111 Å². The molecule has 4 atom stereocenters. The molecule has 2 N–H and O–H groups in total. The summed E-state index contributed by atoms with van der Waals surface area (Å²) in [7, 11) is 2.31. The molecule has 1 unspecified atom stereocenters. The van der Waals surface area contributed by atoms with Crippen molar-refractivity contribution in [1.82, 2.24) is 0 Å². The van der Waals surface area contributed by atoms with Crippen molar-refractivity contribution in [2.75, 3.05) is 13.6 Å². The van der Waals surface area contributed by atoms with Crippen molar-refractivity contribution in [2.45, 2.75) is 32.9 Å². The Bertz CT molecular complexity index is 385. The zero-order valence-electron chi connectivity index (χ0n) is 11.8. The van der Waals surface area contributed by atoms with Gasteiger partial charge in [0.2, 0.25) is 0 Å². The molecule has 18 heavy (non-hydrogen) atoms. The molecule has 2 rings (SSSR count). The van der Waals surface area contributed by atoms with E-state index in [1.54, 1.807) is 4.90 Å². The second-order valence-electron chi connectivity index (χ2n) is 5.86. The minimum absolute atomic E-state index is 0.715.